The van der Waals surface area contributed by atoms with Gasteiger partial charge in [-0.25, -0.2) is 0 Å². The molecule has 3 N–H and O–H groups in total. The number of aromatic nitrogens is 2. The molecule has 0 radical (unpaired) electrons. The van der Waals surface area contributed by atoms with Crippen LogP contribution in [-0.4, -0.2) is 45.5 Å². The number of fused-ring (bicyclic) bond motifs is 1. The van der Waals surface area contributed by atoms with Crippen LogP contribution >= 0.6 is 0 Å². The van der Waals surface area contributed by atoms with Gasteiger partial charge in [-0.3, -0.25) is 14.7 Å². The molecule has 3 heterocycles. The fourth-order valence-electron chi connectivity index (χ4n) is 3.61. The van der Waals surface area contributed by atoms with Crippen molar-refractivity contribution < 1.29 is 9.59 Å². The average molecular weight is 353 g/mol. The Kier molecular flexibility index (Phi) is 3.94. The Hall–Kier alpha value is -2.83. The Morgan fingerprint density at radius 3 is 2.54 bits per heavy atom. The van der Waals surface area contributed by atoms with E-state index in [0.29, 0.717) is 37.5 Å². The molecule has 136 valence electrons. The van der Waals surface area contributed by atoms with Crippen LogP contribution in [0.1, 0.15) is 48.8 Å². The zero-order valence-corrected chi connectivity index (χ0v) is 15.0. The number of hydrogen-bond donors (Lipinski definition) is 3. The minimum absolute atomic E-state index is 0.0230. The van der Waals surface area contributed by atoms with Crippen LogP contribution < -0.4 is 10.6 Å². The third-order valence-electron chi connectivity index (χ3n) is 5.33. The first kappa shape index (κ1) is 16.6. The Bertz CT molecular complexity index is 849. The van der Waals surface area contributed by atoms with Crippen molar-refractivity contribution >= 4 is 23.2 Å². The highest BCUT2D eigenvalue weighted by Crippen LogP contribution is 2.36. The van der Waals surface area contributed by atoms with E-state index in [-0.39, 0.29) is 11.8 Å². The summed E-state index contributed by atoms with van der Waals surface area (Å²) in [7, 11) is 0. The molecule has 7 nitrogen and oxygen atoms in total. The summed E-state index contributed by atoms with van der Waals surface area (Å²) in [5.74, 6) is 0.189. The molecule has 4 rings (SSSR count). The molecule has 0 unspecified atom stereocenters. The maximum Gasteiger partial charge on any atom is 0.274 e. The quantitative estimate of drug-likeness (QED) is 0.774. The number of carbonyl (C=O) groups is 2. The van der Waals surface area contributed by atoms with Gasteiger partial charge in [-0.2, -0.15) is 5.10 Å². The van der Waals surface area contributed by atoms with Crippen molar-refractivity contribution in [3.8, 4) is 0 Å². The number of amides is 2. The van der Waals surface area contributed by atoms with Crippen molar-refractivity contribution in [2.24, 2.45) is 0 Å². The first-order chi connectivity index (χ1) is 12.5. The second kappa shape index (κ2) is 6.16. The number of nitrogens with one attached hydrogen (secondary N) is 3. The summed E-state index contributed by atoms with van der Waals surface area (Å²) >= 11 is 0. The number of piperidine rings is 1. The van der Waals surface area contributed by atoms with E-state index in [1.54, 1.807) is 4.90 Å². The van der Waals surface area contributed by atoms with Crippen molar-refractivity contribution in [1.82, 2.24) is 15.1 Å². The maximum absolute atomic E-state index is 12.7. The van der Waals surface area contributed by atoms with E-state index in [4.69, 9.17) is 0 Å². The predicted molar refractivity (Wildman–Crippen MR) is 99.2 cm³/mol. The molecule has 0 aliphatic carbocycles. The van der Waals surface area contributed by atoms with Crippen LogP contribution in [0, 0.1) is 0 Å². The molecule has 7 heteroatoms. The van der Waals surface area contributed by atoms with Crippen LogP contribution in [0.15, 0.2) is 30.3 Å². The third-order valence-corrected chi connectivity index (χ3v) is 5.33. The van der Waals surface area contributed by atoms with Crippen LogP contribution in [-0.2, 0) is 4.79 Å². The van der Waals surface area contributed by atoms with E-state index in [9.17, 15) is 9.59 Å². The lowest BCUT2D eigenvalue weighted by molar-refractivity contribution is -0.122. The number of benzene rings is 1. The van der Waals surface area contributed by atoms with E-state index in [0.717, 1.165) is 17.1 Å². The highest BCUT2D eigenvalue weighted by atomic mass is 16.2. The number of hydrogen-bond acceptors (Lipinski definition) is 4. The van der Waals surface area contributed by atoms with Gasteiger partial charge in [0.25, 0.3) is 5.91 Å². The number of para-hydroxylation sites is 2. The highest BCUT2D eigenvalue weighted by molar-refractivity contribution is 6.06. The molecule has 1 spiro atoms. The molecule has 0 atom stereocenters. The number of likely N-dealkylation sites (tertiary alicyclic amines) is 1. The van der Waals surface area contributed by atoms with Gasteiger partial charge >= 0.3 is 0 Å². The fraction of sp³-hybridized carbons (Fsp3) is 0.421. The molecule has 2 amide bonds. The Balaban J connectivity index is 1.47. The number of H-pyrrole nitrogens is 1. The lowest BCUT2D eigenvalue weighted by Crippen LogP contribution is -2.59. The van der Waals surface area contributed by atoms with Gasteiger partial charge in [-0.1, -0.05) is 26.0 Å². The normalized spacial score (nSPS) is 18.4. The van der Waals surface area contributed by atoms with Crippen molar-refractivity contribution in [3.05, 3.63) is 41.7 Å². The number of nitrogens with zero attached hydrogens (tertiary/aromatic N) is 2. The molecule has 1 fully saturated rings. The lowest BCUT2D eigenvalue weighted by atomic mass is 9.84. The minimum atomic E-state index is -0.653. The fourth-order valence-corrected chi connectivity index (χ4v) is 3.61. The number of rotatable bonds is 2. The summed E-state index contributed by atoms with van der Waals surface area (Å²) in [4.78, 5) is 27.2. The smallest absolute Gasteiger partial charge is 0.274 e. The largest absolute Gasteiger partial charge is 0.369 e. The standard InChI is InChI=1S/C19H23N5O2/c1-12(2)15-11-16(23-22-15)17(25)24-9-7-19(8-10-24)18(26)20-13-5-3-4-6-14(13)21-19/h3-6,11-12,21H,7-10H2,1-2H3,(H,20,26)(H,22,23). The summed E-state index contributed by atoms with van der Waals surface area (Å²) in [6.07, 6.45) is 1.14. The van der Waals surface area contributed by atoms with Crippen molar-refractivity contribution in [2.45, 2.75) is 38.1 Å². The average Bonchev–Trinajstić information content (AvgIpc) is 3.13. The van der Waals surface area contributed by atoms with Crippen LogP contribution in [0.4, 0.5) is 11.4 Å². The molecular formula is C19H23N5O2. The Morgan fingerprint density at radius 2 is 1.88 bits per heavy atom. The minimum Gasteiger partial charge on any atom is -0.369 e. The predicted octanol–water partition coefficient (Wildman–Crippen LogP) is 2.57. The van der Waals surface area contributed by atoms with Crippen LogP contribution in [0.25, 0.3) is 0 Å². The topological polar surface area (TPSA) is 90.1 Å². The van der Waals surface area contributed by atoms with E-state index in [1.807, 2.05) is 30.3 Å². The van der Waals surface area contributed by atoms with Crippen molar-refractivity contribution in [2.75, 3.05) is 23.7 Å². The van der Waals surface area contributed by atoms with Gasteiger partial charge in [0.1, 0.15) is 11.2 Å². The van der Waals surface area contributed by atoms with E-state index < -0.39 is 5.54 Å². The highest BCUT2D eigenvalue weighted by Gasteiger charge is 2.45. The molecule has 26 heavy (non-hydrogen) atoms. The van der Waals surface area contributed by atoms with E-state index >= 15 is 0 Å². The second-order valence-electron chi connectivity index (χ2n) is 7.36. The molecule has 1 saturated heterocycles. The Labute approximate surface area is 152 Å². The van der Waals surface area contributed by atoms with Gasteiger partial charge in [0, 0.05) is 18.8 Å². The lowest BCUT2D eigenvalue weighted by Gasteiger charge is -2.44. The molecule has 2 aromatic rings. The molecule has 1 aromatic carbocycles. The zero-order chi connectivity index (χ0) is 18.3. The monoisotopic (exact) mass is 353 g/mol. The van der Waals surface area contributed by atoms with Gasteiger partial charge in [0.2, 0.25) is 5.91 Å². The zero-order valence-electron chi connectivity index (χ0n) is 15.0. The molecule has 0 saturated carbocycles. The van der Waals surface area contributed by atoms with Crippen molar-refractivity contribution in [1.29, 1.82) is 0 Å². The summed E-state index contributed by atoms with van der Waals surface area (Å²) in [6.45, 7) is 5.14. The summed E-state index contributed by atoms with van der Waals surface area (Å²) in [5.41, 5.74) is 2.47. The molecule has 2 aliphatic rings. The van der Waals surface area contributed by atoms with E-state index in [1.165, 1.54) is 0 Å². The first-order valence-electron chi connectivity index (χ1n) is 9.02. The van der Waals surface area contributed by atoms with Gasteiger partial charge < -0.3 is 15.5 Å². The Morgan fingerprint density at radius 1 is 1.19 bits per heavy atom. The van der Waals surface area contributed by atoms with Gasteiger partial charge in [-0.05, 0) is 37.0 Å². The SMILES string of the molecule is CC(C)c1cc(C(=O)N2CCC3(CC2)Nc2ccccc2NC3=O)n[nH]1. The molecular weight excluding hydrogens is 330 g/mol. The maximum atomic E-state index is 12.7. The first-order valence-corrected chi connectivity index (χ1v) is 9.02. The summed E-state index contributed by atoms with van der Waals surface area (Å²) < 4.78 is 0. The third kappa shape index (κ3) is 2.73. The summed E-state index contributed by atoms with van der Waals surface area (Å²) in [6, 6.07) is 9.51. The van der Waals surface area contributed by atoms with Crippen LogP contribution in [0.3, 0.4) is 0 Å². The molecule has 1 aromatic heterocycles. The van der Waals surface area contributed by atoms with Crippen molar-refractivity contribution in [3.63, 3.8) is 0 Å². The molecule has 0 bridgehead atoms. The summed E-state index contributed by atoms with van der Waals surface area (Å²) in [5, 5.41) is 13.5. The van der Waals surface area contributed by atoms with Gasteiger partial charge in [0.05, 0.1) is 11.4 Å². The van der Waals surface area contributed by atoms with Crippen LogP contribution in [0.2, 0.25) is 0 Å². The van der Waals surface area contributed by atoms with Crippen LogP contribution in [0.5, 0.6) is 0 Å². The number of anilines is 2. The second-order valence-corrected chi connectivity index (χ2v) is 7.36. The number of carbonyl (C=O) groups excluding carboxylic acids is 2. The van der Waals surface area contributed by atoms with E-state index in [2.05, 4.69) is 34.7 Å². The number of aromatic amines is 1. The molecule has 2 aliphatic heterocycles. The van der Waals surface area contributed by atoms with Gasteiger partial charge in [0.15, 0.2) is 0 Å². The van der Waals surface area contributed by atoms with Gasteiger partial charge in [-0.15, -0.1) is 0 Å².